The van der Waals surface area contributed by atoms with E-state index in [2.05, 4.69) is 175 Å². The van der Waals surface area contributed by atoms with Gasteiger partial charge in [0, 0.05) is 0 Å². The third-order valence-electron chi connectivity index (χ3n) is 11.6. The molecule has 0 radical (unpaired) electrons. The maximum Gasteiger partial charge on any atom is 0.123 e. The zero-order chi connectivity index (χ0) is 46.0. The van der Waals surface area contributed by atoms with Crippen molar-refractivity contribution in [3.8, 4) is 17.2 Å². The SMILES string of the molecule is CC.CCC.Cc1cc(Cc2c(C)c(Cc3cc(C(C)(C)C)c(O)c(C(C)(C)C)c3)c(C)c(Cc3cc(C(C)(C)C)c(O)c(C(C)(C)C)c3)c2C)cc(C(C)(C)C)c1O. The Morgan fingerprint density at radius 3 is 0.746 bits per heavy atom. The zero-order valence-corrected chi connectivity index (χ0v) is 42.1. The molecular weight excluding hydrogens is 721 g/mol. The van der Waals surface area contributed by atoms with E-state index < -0.39 is 0 Å². The van der Waals surface area contributed by atoms with Crippen LogP contribution in [0.15, 0.2) is 36.4 Å². The van der Waals surface area contributed by atoms with Gasteiger partial charge in [-0.1, -0.05) is 174 Å². The normalized spacial score (nSPS) is 12.5. The fourth-order valence-corrected chi connectivity index (χ4v) is 8.21. The minimum absolute atomic E-state index is 0.193. The van der Waals surface area contributed by atoms with Gasteiger partial charge in [0.25, 0.3) is 0 Å². The molecule has 0 spiro atoms. The molecule has 0 aliphatic heterocycles. The molecule has 4 rings (SSSR count). The van der Waals surface area contributed by atoms with Crippen LogP contribution in [-0.2, 0) is 46.3 Å². The van der Waals surface area contributed by atoms with Gasteiger partial charge in [-0.25, -0.2) is 0 Å². The molecule has 0 saturated carbocycles. The molecule has 3 heteroatoms. The van der Waals surface area contributed by atoms with Crippen LogP contribution < -0.4 is 0 Å². The summed E-state index contributed by atoms with van der Waals surface area (Å²) in [6.07, 6.45) is 3.51. The first-order valence-corrected chi connectivity index (χ1v) is 22.4. The Kier molecular flexibility index (Phi) is 16.5. The highest BCUT2D eigenvalue weighted by Gasteiger charge is 2.30. The summed E-state index contributed by atoms with van der Waals surface area (Å²) in [6.45, 7) is 49.8. The lowest BCUT2D eigenvalue weighted by atomic mass is 9.76. The molecule has 59 heavy (non-hydrogen) atoms. The summed E-state index contributed by atoms with van der Waals surface area (Å²) >= 11 is 0. The highest BCUT2D eigenvalue weighted by atomic mass is 16.3. The first kappa shape index (κ1) is 51.4. The van der Waals surface area contributed by atoms with Crippen molar-refractivity contribution in [2.45, 2.75) is 212 Å². The second-order valence-corrected chi connectivity index (χ2v) is 22.2. The maximum absolute atomic E-state index is 11.6. The fourth-order valence-electron chi connectivity index (χ4n) is 8.21. The highest BCUT2D eigenvalue weighted by Crippen LogP contribution is 2.44. The monoisotopic (exact) mass is 807 g/mol. The van der Waals surface area contributed by atoms with Crippen LogP contribution in [0.3, 0.4) is 0 Å². The fraction of sp³-hybridized carbons (Fsp3) is 0.571. The summed E-state index contributed by atoms with van der Waals surface area (Å²) < 4.78 is 0. The van der Waals surface area contributed by atoms with Crippen molar-refractivity contribution in [2.75, 3.05) is 0 Å². The number of hydrogen-bond donors (Lipinski definition) is 3. The molecule has 0 fully saturated rings. The lowest BCUT2D eigenvalue weighted by molar-refractivity contribution is 0.422. The van der Waals surface area contributed by atoms with E-state index in [1.54, 1.807) is 0 Å². The lowest BCUT2D eigenvalue weighted by Crippen LogP contribution is -2.18. The van der Waals surface area contributed by atoms with Gasteiger partial charge < -0.3 is 15.3 Å². The molecular formula is C56H86O3. The van der Waals surface area contributed by atoms with E-state index in [9.17, 15) is 15.3 Å². The van der Waals surface area contributed by atoms with Crippen LogP contribution in [-0.4, -0.2) is 15.3 Å². The van der Waals surface area contributed by atoms with E-state index in [0.717, 1.165) is 52.6 Å². The van der Waals surface area contributed by atoms with Crippen LogP contribution in [0, 0.1) is 27.7 Å². The third kappa shape index (κ3) is 12.2. The standard InChI is InChI=1S/C51H72O3.C3H8.C2H6/c1-29-20-33(24-39(44(29)52)47(5,6)7)21-36-30(2)37(22-34-25-40(48(8,9)10)45(53)41(26-34)49(11,12)13)32(4)38(31(36)3)23-35-27-42(50(14,15)16)46(54)43(28-35)51(17,18)19;1-3-2;1-2/h20,24-28,52-54H,21-23H2,1-19H3;3H2,1-2H3;1-2H3. The summed E-state index contributed by atoms with van der Waals surface area (Å²) in [5, 5.41) is 34.3. The van der Waals surface area contributed by atoms with Crippen molar-refractivity contribution in [3.63, 3.8) is 0 Å². The minimum Gasteiger partial charge on any atom is -0.507 e. The average Bonchev–Trinajstić information content (AvgIpc) is 3.08. The quantitative estimate of drug-likeness (QED) is 0.182. The number of hydrogen-bond acceptors (Lipinski definition) is 3. The summed E-state index contributed by atoms with van der Waals surface area (Å²) in [5.74, 6) is 1.20. The van der Waals surface area contributed by atoms with E-state index in [0.29, 0.717) is 17.2 Å². The minimum atomic E-state index is -0.219. The molecule has 0 aliphatic rings. The molecule has 3 N–H and O–H groups in total. The van der Waals surface area contributed by atoms with Crippen molar-refractivity contribution in [2.24, 2.45) is 0 Å². The van der Waals surface area contributed by atoms with Crippen LogP contribution in [0.5, 0.6) is 17.2 Å². The molecule has 0 heterocycles. The second kappa shape index (κ2) is 18.9. The molecule has 4 aromatic carbocycles. The number of phenols is 3. The van der Waals surface area contributed by atoms with Crippen molar-refractivity contribution in [3.05, 3.63) is 120 Å². The Hall–Kier alpha value is -3.72. The van der Waals surface area contributed by atoms with E-state index in [4.69, 9.17) is 0 Å². The van der Waals surface area contributed by atoms with Crippen LogP contribution in [0.4, 0.5) is 0 Å². The molecule has 0 amide bonds. The summed E-state index contributed by atoms with van der Waals surface area (Å²) in [4.78, 5) is 0. The van der Waals surface area contributed by atoms with Gasteiger partial charge in [-0.05, 0) is 157 Å². The second-order valence-electron chi connectivity index (χ2n) is 22.2. The Morgan fingerprint density at radius 2 is 0.542 bits per heavy atom. The first-order valence-electron chi connectivity index (χ1n) is 22.4. The topological polar surface area (TPSA) is 60.7 Å². The van der Waals surface area contributed by atoms with Crippen molar-refractivity contribution in [1.29, 1.82) is 0 Å². The van der Waals surface area contributed by atoms with Gasteiger partial charge in [0.15, 0.2) is 0 Å². The Labute approximate surface area is 363 Å². The Morgan fingerprint density at radius 1 is 0.356 bits per heavy atom. The number of aromatic hydroxyl groups is 3. The van der Waals surface area contributed by atoms with Gasteiger partial charge in [0.05, 0.1) is 0 Å². The van der Waals surface area contributed by atoms with Crippen molar-refractivity contribution < 1.29 is 15.3 Å². The summed E-state index contributed by atoms with van der Waals surface area (Å²) in [7, 11) is 0. The average molecular weight is 807 g/mol. The molecule has 0 atom stereocenters. The van der Waals surface area contributed by atoms with Gasteiger partial charge in [0.1, 0.15) is 17.2 Å². The number of benzene rings is 4. The molecule has 4 aromatic rings. The number of aryl methyl sites for hydroxylation is 1. The summed E-state index contributed by atoms with van der Waals surface area (Å²) in [6, 6.07) is 13.3. The van der Waals surface area contributed by atoms with Crippen LogP contribution >= 0.6 is 0 Å². The number of phenolic OH excluding ortho intramolecular Hbond substituents is 3. The maximum atomic E-state index is 11.6. The molecule has 328 valence electrons. The van der Waals surface area contributed by atoms with E-state index in [1.165, 1.54) is 56.5 Å². The summed E-state index contributed by atoms with van der Waals surface area (Å²) in [5.41, 5.74) is 16.2. The van der Waals surface area contributed by atoms with Crippen LogP contribution in [0.1, 0.15) is 221 Å². The van der Waals surface area contributed by atoms with Crippen LogP contribution in [0.2, 0.25) is 0 Å². The van der Waals surface area contributed by atoms with Gasteiger partial charge >= 0.3 is 0 Å². The molecule has 0 bridgehead atoms. The van der Waals surface area contributed by atoms with Crippen molar-refractivity contribution >= 4 is 0 Å². The predicted molar refractivity (Wildman–Crippen MR) is 259 cm³/mol. The Bertz CT molecular complexity index is 1890. The number of rotatable bonds is 6. The van der Waals surface area contributed by atoms with E-state index in [-0.39, 0.29) is 27.1 Å². The van der Waals surface area contributed by atoms with Gasteiger partial charge in [-0.3, -0.25) is 0 Å². The van der Waals surface area contributed by atoms with Crippen molar-refractivity contribution in [1.82, 2.24) is 0 Å². The lowest BCUT2D eigenvalue weighted by Gasteiger charge is -2.30. The molecule has 0 unspecified atom stereocenters. The zero-order valence-electron chi connectivity index (χ0n) is 42.1. The molecule has 0 saturated heterocycles. The van der Waals surface area contributed by atoms with E-state index >= 15 is 0 Å². The highest BCUT2D eigenvalue weighted by molar-refractivity contribution is 5.59. The smallest absolute Gasteiger partial charge is 0.123 e. The first-order chi connectivity index (χ1) is 26.7. The molecule has 3 nitrogen and oxygen atoms in total. The van der Waals surface area contributed by atoms with Crippen LogP contribution in [0.25, 0.3) is 0 Å². The largest absolute Gasteiger partial charge is 0.507 e. The molecule has 0 aliphatic carbocycles. The third-order valence-corrected chi connectivity index (χ3v) is 11.6. The molecule has 0 aromatic heterocycles. The van der Waals surface area contributed by atoms with Gasteiger partial charge in [-0.2, -0.15) is 0 Å². The predicted octanol–water partition coefficient (Wildman–Crippen LogP) is 15.7. The van der Waals surface area contributed by atoms with E-state index in [1.807, 2.05) is 20.8 Å². The Balaban J connectivity index is 0.00000229. The van der Waals surface area contributed by atoms with Gasteiger partial charge in [-0.15, -0.1) is 0 Å². The van der Waals surface area contributed by atoms with Gasteiger partial charge in [0.2, 0.25) is 0 Å².